The number of nitrogens with one attached hydrogen (secondary N) is 1. The molecule has 2 atom stereocenters. The van der Waals surface area contributed by atoms with E-state index in [9.17, 15) is 0 Å². The predicted octanol–water partition coefficient (Wildman–Crippen LogP) is 1.14. The maximum atomic E-state index is 5.24. The monoisotopic (exact) mass is 105 g/mol. The highest BCUT2D eigenvalue weighted by Gasteiger charge is 2.31. The third-order valence-electron chi connectivity index (χ3n) is 1.25. The minimum Gasteiger partial charge on any atom is -0.230 e. The van der Waals surface area contributed by atoms with E-state index in [0.29, 0.717) is 6.04 Å². The smallest absolute Gasteiger partial charge is 0.0250 e. The molecule has 1 aliphatic rings. The Labute approximate surface area is 42.8 Å². The maximum Gasteiger partial charge on any atom is 0.0250 e. The van der Waals surface area contributed by atoms with Gasteiger partial charge in [-0.2, -0.15) is 0 Å². The average Bonchev–Trinajstić information content (AvgIpc) is 2.19. The van der Waals surface area contributed by atoms with Crippen LogP contribution in [0.4, 0.5) is 0 Å². The van der Waals surface area contributed by atoms with Crippen LogP contribution < -0.4 is 4.84 Å². The molecule has 1 aliphatic carbocycles. The van der Waals surface area contributed by atoms with Crippen LogP contribution in [0.15, 0.2) is 0 Å². The first-order chi connectivity index (χ1) is 2.84. The van der Waals surface area contributed by atoms with Crippen molar-refractivity contribution in [1.29, 1.82) is 0 Å². The van der Waals surface area contributed by atoms with Gasteiger partial charge in [0.25, 0.3) is 0 Å². The second-order valence-corrected chi connectivity index (χ2v) is 2.15. The van der Waals surface area contributed by atoms with Crippen molar-refractivity contribution in [2.45, 2.75) is 19.4 Å². The van der Waals surface area contributed by atoms with Crippen LogP contribution in [0.2, 0.25) is 0 Å². The van der Waals surface area contributed by atoms with Gasteiger partial charge in [-0.25, -0.2) is 4.84 Å². The summed E-state index contributed by atoms with van der Waals surface area (Å²) in [5, 5.41) is 0. The molecule has 0 bridgehead atoms. The molecule has 1 nitrogen and oxygen atoms in total. The van der Waals surface area contributed by atoms with Gasteiger partial charge in [0.2, 0.25) is 0 Å². The summed E-state index contributed by atoms with van der Waals surface area (Å²) < 4.78 is 0. The van der Waals surface area contributed by atoms with E-state index >= 15 is 0 Å². The minimum atomic E-state index is 0.617. The molecule has 0 aromatic rings. The summed E-state index contributed by atoms with van der Waals surface area (Å²) in [6.07, 6.45) is 1.25. The molecule has 0 amide bonds. The molecule has 2 heteroatoms. The number of hydrogen-bond acceptors (Lipinski definition) is 1. The predicted molar refractivity (Wildman–Crippen MR) is 26.6 cm³/mol. The van der Waals surface area contributed by atoms with E-state index < -0.39 is 0 Å². The van der Waals surface area contributed by atoms with Gasteiger partial charge in [0.15, 0.2) is 0 Å². The van der Waals surface area contributed by atoms with Crippen LogP contribution in [0.3, 0.4) is 0 Å². The number of hydrogen-bond donors (Lipinski definition) is 1. The average molecular weight is 106 g/mol. The van der Waals surface area contributed by atoms with E-state index in [4.69, 9.17) is 11.8 Å². The summed E-state index contributed by atoms with van der Waals surface area (Å²) in [5.74, 6) is 0.822. The number of halogens is 1. The Balaban J connectivity index is 2.09. The highest BCUT2D eigenvalue weighted by Crippen LogP contribution is 2.28. The summed E-state index contributed by atoms with van der Waals surface area (Å²) in [6.45, 7) is 2.18. The Bertz CT molecular complexity index is 53.5. The molecule has 0 heterocycles. The van der Waals surface area contributed by atoms with E-state index in [1.54, 1.807) is 0 Å². The summed E-state index contributed by atoms with van der Waals surface area (Å²) in [6, 6.07) is 0.617. The molecular formula is C4H8ClN. The van der Waals surface area contributed by atoms with Gasteiger partial charge in [-0.3, -0.25) is 0 Å². The summed E-state index contributed by atoms with van der Waals surface area (Å²) in [4.78, 5) is 2.66. The van der Waals surface area contributed by atoms with Gasteiger partial charge >= 0.3 is 0 Å². The number of rotatable bonds is 1. The SMILES string of the molecule is CC1CC1NCl. The molecule has 0 radical (unpaired) electrons. The van der Waals surface area contributed by atoms with Crippen molar-refractivity contribution in [2.75, 3.05) is 0 Å². The molecule has 1 fully saturated rings. The van der Waals surface area contributed by atoms with Crippen molar-refractivity contribution < 1.29 is 0 Å². The van der Waals surface area contributed by atoms with Gasteiger partial charge in [0, 0.05) is 6.04 Å². The van der Waals surface area contributed by atoms with Gasteiger partial charge in [-0.1, -0.05) is 6.92 Å². The molecule has 0 saturated heterocycles. The van der Waals surface area contributed by atoms with Crippen LogP contribution in [-0.4, -0.2) is 6.04 Å². The zero-order valence-electron chi connectivity index (χ0n) is 3.74. The van der Waals surface area contributed by atoms with Crippen molar-refractivity contribution in [2.24, 2.45) is 5.92 Å². The molecule has 1 saturated carbocycles. The van der Waals surface area contributed by atoms with Gasteiger partial charge in [-0.15, -0.1) is 0 Å². The fourth-order valence-electron chi connectivity index (χ4n) is 0.474. The van der Waals surface area contributed by atoms with E-state index in [0.717, 1.165) is 5.92 Å². The van der Waals surface area contributed by atoms with Crippen LogP contribution in [0.1, 0.15) is 13.3 Å². The van der Waals surface area contributed by atoms with Crippen molar-refractivity contribution in [3.05, 3.63) is 0 Å². The second kappa shape index (κ2) is 1.39. The highest BCUT2D eigenvalue weighted by atomic mass is 35.5. The molecule has 1 rings (SSSR count). The Morgan fingerprint density at radius 3 is 2.33 bits per heavy atom. The summed E-state index contributed by atoms with van der Waals surface area (Å²) in [7, 11) is 0. The van der Waals surface area contributed by atoms with Gasteiger partial charge in [0.1, 0.15) is 0 Å². The zero-order chi connectivity index (χ0) is 4.57. The zero-order valence-corrected chi connectivity index (χ0v) is 4.50. The highest BCUT2D eigenvalue weighted by molar-refractivity contribution is 6.13. The van der Waals surface area contributed by atoms with Crippen molar-refractivity contribution in [3.8, 4) is 0 Å². The molecule has 1 N–H and O–H groups in total. The molecule has 2 unspecified atom stereocenters. The maximum absolute atomic E-state index is 5.24. The molecule has 0 aromatic carbocycles. The fraction of sp³-hybridized carbons (Fsp3) is 1.00. The normalized spacial score (nSPS) is 43.0. The van der Waals surface area contributed by atoms with Crippen LogP contribution in [-0.2, 0) is 0 Å². The second-order valence-electron chi connectivity index (χ2n) is 1.93. The lowest BCUT2D eigenvalue weighted by molar-refractivity contribution is 0.841. The minimum absolute atomic E-state index is 0.617. The van der Waals surface area contributed by atoms with E-state index in [1.807, 2.05) is 0 Å². The van der Waals surface area contributed by atoms with E-state index in [2.05, 4.69) is 11.8 Å². The van der Waals surface area contributed by atoms with E-state index in [1.165, 1.54) is 6.42 Å². The largest absolute Gasteiger partial charge is 0.230 e. The first-order valence-corrected chi connectivity index (χ1v) is 2.58. The molecular weight excluding hydrogens is 97.5 g/mol. The first kappa shape index (κ1) is 4.41. The molecule has 6 heavy (non-hydrogen) atoms. The summed E-state index contributed by atoms with van der Waals surface area (Å²) in [5.41, 5.74) is 0. The quantitative estimate of drug-likeness (QED) is 0.493. The third-order valence-corrected chi connectivity index (χ3v) is 1.53. The van der Waals surface area contributed by atoms with Gasteiger partial charge in [-0.05, 0) is 24.1 Å². The molecule has 0 aromatic heterocycles. The van der Waals surface area contributed by atoms with Crippen molar-refractivity contribution in [1.82, 2.24) is 4.84 Å². The Hall–Kier alpha value is 0.250. The molecule has 0 aliphatic heterocycles. The van der Waals surface area contributed by atoms with Crippen LogP contribution in [0.25, 0.3) is 0 Å². The van der Waals surface area contributed by atoms with Crippen LogP contribution in [0, 0.1) is 5.92 Å². The van der Waals surface area contributed by atoms with Crippen LogP contribution in [0.5, 0.6) is 0 Å². The Morgan fingerprint density at radius 1 is 1.83 bits per heavy atom. The fourth-order valence-corrected chi connectivity index (χ4v) is 0.778. The lowest BCUT2D eigenvalue weighted by atomic mass is 10.5. The Kier molecular flexibility index (Phi) is 1.02. The van der Waals surface area contributed by atoms with Crippen molar-refractivity contribution >= 4 is 11.8 Å². The lowest BCUT2D eigenvalue weighted by Gasteiger charge is -1.81. The van der Waals surface area contributed by atoms with E-state index in [-0.39, 0.29) is 0 Å². The Morgan fingerprint density at radius 2 is 2.33 bits per heavy atom. The van der Waals surface area contributed by atoms with Gasteiger partial charge < -0.3 is 0 Å². The standard InChI is InChI=1S/C4H8ClN/c1-3-2-4(3)6-5/h3-4,6H,2H2,1H3. The summed E-state index contributed by atoms with van der Waals surface area (Å²) >= 11 is 5.24. The van der Waals surface area contributed by atoms with Crippen molar-refractivity contribution in [3.63, 3.8) is 0 Å². The topological polar surface area (TPSA) is 12.0 Å². The van der Waals surface area contributed by atoms with Gasteiger partial charge in [0.05, 0.1) is 0 Å². The van der Waals surface area contributed by atoms with Crippen LogP contribution >= 0.6 is 11.8 Å². The third kappa shape index (κ3) is 0.660. The molecule has 0 spiro atoms. The molecule has 36 valence electrons. The lowest BCUT2D eigenvalue weighted by Crippen LogP contribution is -2.01. The first-order valence-electron chi connectivity index (χ1n) is 2.20.